The van der Waals surface area contributed by atoms with E-state index in [1.165, 1.54) is 9.80 Å². The third-order valence-corrected chi connectivity index (χ3v) is 5.31. The molecule has 1 fully saturated rings. The lowest BCUT2D eigenvalue weighted by atomic mass is 9.91. The van der Waals surface area contributed by atoms with Crippen LogP contribution in [0.15, 0.2) is 24.3 Å². The van der Waals surface area contributed by atoms with Gasteiger partial charge in [0, 0.05) is 24.3 Å². The highest BCUT2D eigenvalue weighted by Crippen LogP contribution is 2.46. The molecule has 150 valence electrons. The van der Waals surface area contributed by atoms with E-state index in [4.69, 9.17) is 4.74 Å². The van der Waals surface area contributed by atoms with Gasteiger partial charge in [-0.3, -0.25) is 19.3 Å². The SMILES string of the molecule is CC(C)N1C(=O)c2ccccc2N2C(=O)CC[C@]21C(=O)OCC(=O)C(C)(C)C. The normalized spacial score (nSPS) is 21.6. The molecule has 1 aromatic rings. The molecule has 0 saturated carbocycles. The number of ketones is 1. The topological polar surface area (TPSA) is 84.0 Å². The summed E-state index contributed by atoms with van der Waals surface area (Å²) < 4.78 is 5.39. The molecule has 2 heterocycles. The molecule has 0 bridgehead atoms. The van der Waals surface area contributed by atoms with E-state index in [2.05, 4.69) is 0 Å². The van der Waals surface area contributed by atoms with Crippen molar-refractivity contribution in [2.45, 2.75) is 59.2 Å². The minimum atomic E-state index is -1.56. The predicted molar refractivity (Wildman–Crippen MR) is 103 cm³/mol. The molecule has 28 heavy (non-hydrogen) atoms. The highest BCUT2D eigenvalue weighted by atomic mass is 16.5. The molecule has 0 aliphatic carbocycles. The summed E-state index contributed by atoms with van der Waals surface area (Å²) in [4.78, 5) is 54.3. The largest absolute Gasteiger partial charge is 0.455 e. The maximum Gasteiger partial charge on any atom is 0.354 e. The fourth-order valence-corrected chi connectivity index (χ4v) is 3.84. The van der Waals surface area contributed by atoms with Crippen molar-refractivity contribution < 1.29 is 23.9 Å². The lowest BCUT2D eigenvalue weighted by Gasteiger charge is -2.50. The van der Waals surface area contributed by atoms with E-state index in [0.29, 0.717) is 11.3 Å². The smallest absolute Gasteiger partial charge is 0.354 e. The second kappa shape index (κ2) is 6.72. The van der Waals surface area contributed by atoms with E-state index in [1.807, 2.05) is 0 Å². The number of hydrogen-bond donors (Lipinski definition) is 0. The summed E-state index contributed by atoms with van der Waals surface area (Å²) in [6.45, 7) is 8.42. The Morgan fingerprint density at radius 1 is 1.18 bits per heavy atom. The van der Waals surface area contributed by atoms with E-state index < -0.39 is 23.7 Å². The van der Waals surface area contributed by atoms with Gasteiger partial charge in [0.25, 0.3) is 5.91 Å². The van der Waals surface area contributed by atoms with Gasteiger partial charge in [-0.25, -0.2) is 4.79 Å². The van der Waals surface area contributed by atoms with Gasteiger partial charge in [0.15, 0.2) is 12.4 Å². The molecule has 0 spiro atoms. The summed E-state index contributed by atoms with van der Waals surface area (Å²) in [5, 5.41) is 0. The van der Waals surface area contributed by atoms with Crippen molar-refractivity contribution in [3.05, 3.63) is 29.8 Å². The Morgan fingerprint density at radius 2 is 1.82 bits per heavy atom. The van der Waals surface area contributed by atoms with Crippen LogP contribution in [0.3, 0.4) is 0 Å². The number of rotatable bonds is 4. The fourth-order valence-electron chi connectivity index (χ4n) is 3.84. The molecule has 0 aromatic heterocycles. The highest BCUT2D eigenvalue weighted by molar-refractivity contribution is 6.15. The first-order chi connectivity index (χ1) is 13.0. The van der Waals surface area contributed by atoms with Crippen molar-refractivity contribution in [3.63, 3.8) is 0 Å². The van der Waals surface area contributed by atoms with Crippen LogP contribution >= 0.6 is 0 Å². The lowest BCUT2D eigenvalue weighted by molar-refractivity contribution is -0.161. The number of nitrogens with zero attached hydrogens (tertiary/aromatic N) is 2. The maximum atomic E-state index is 13.3. The summed E-state index contributed by atoms with van der Waals surface area (Å²) >= 11 is 0. The molecular formula is C21H26N2O5. The van der Waals surface area contributed by atoms with Gasteiger partial charge in [0.1, 0.15) is 0 Å². The highest BCUT2D eigenvalue weighted by Gasteiger charge is 2.62. The van der Waals surface area contributed by atoms with Gasteiger partial charge in [-0.15, -0.1) is 0 Å². The maximum absolute atomic E-state index is 13.3. The molecule has 1 aromatic carbocycles. The van der Waals surface area contributed by atoms with Crippen molar-refractivity contribution in [1.82, 2.24) is 4.90 Å². The molecule has 1 saturated heterocycles. The summed E-state index contributed by atoms with van der Waals surface area (Å²) in [6, 6.07) is 6.42. The van der Waals surface area contributed by atoms with Crippen LogP contribution in [-0.4, -0.2) is 46.8 Å². The third kappa shape index (κ3) is 2.89. The molecule has 0 unspecified atom stereocenters. The minimum absolute atomic E-state index is 0.118. The molecule has 7 heteroatoms. The number of amides is 2. The van der Waals surface area contributed by atoms with Crippen molar-refractivity contribution in [1.29, 1.82) is 0 Å². The first kappa shape index (κ1) is 20.0. The number of fused-ring (bicyclic) bond motifs is 3. The first-order valence-corrected chi connectivity index (χ1v) is 9.48. The molecule has 2 aliphatic heterocycles. The minimum Gasteiger partial charge on any atom is -0.455 e. The van der Waals surface area contributed by atoms with Gasteiger partial charge in [-0.1, -0.05) is 32.9 Å². The summed E-state index contributed by atoms with van der Waals surface area (Å²) in [5.41, 5.74) is -1.43. The van der Waals surface area contributed by atoms with Crippen molar-refractivity contribution in [3.8, 4) is 0 Å². The zero-order valence-electron chi connectivity index (χ0n) is 16.9. The van der Waals surface area contributed by atoms with Crippen molar-refractivity contribution in [2.75, 3.05) is 11.5 Å². The Kier molecular flexibility index (Phi) is 4.81. The molecule has 0 N–H and O–H groups in total. The number of carbonyl (C=O) groups is 4. The monoisotopic (exact) mass is 386 g/mol. The average molecular weight is 386 g/mol. The second-order valence-electron chi connectivity index (χ2n) is 8.58. The van der Waals surface area contributed by atoms with Crippen LogP contribution in [0.5, 0.6) is 0 Å². The van der Waals surface area contributed by atoms with Gasteiger partial charge in [-0.2, -0.15) is 0 Å². The number of para-hydroxylation sites is 1. The van der Waals surface area contributed by atoms with Crippen LogP contribution in [0.1, 0.15) is 57.8 Å². The van der Waals surface area contributed by atoms with Gasteiger partial charge in [0.05, 0.1) is 11.3 Å². The lowest BCUT2D eigenvalue weighted by Crippen LogP contribution is -2.70. The number of ether oxygens (including phenoxy) is 1. The third-order valence-electron chi connectivity index (χ3n) is 5.31. The van der Waals surface area contributed by atoms with E-state index in [-0.39, 0.29) is 36.5 Å². The Balaban J connectivity index is 2.07. The Bertz CT molecular complexity index is 855. The number of hydrogen-bond acceptors (Lipinski definition) is 5. The van der Waals surface area contributed by atoms with Gasteiger partial charge in [0.2, 0.25) is 11.6 Å². The van der Waals surface area contributed by atoms with E-state index in [9.17, 15) is 19.2 Å². The zero-order valence-corrected chi connectivity index (χ0v) is 16.9. The van der Waals surface area contributed by atoms with Crippen LogP contribution in [0.4, 0.5) is 5.69 Å². The molecule has 2 aliphatic rings. The molecular weight excluding hydrogens is 360 g/mol. The Hall–Kier alpha value is -2.70. The summed E-state index contributed by atoms with van der Waals surface area (Å²) in [5.74, 6) is -1.54. The fraction of sp³-hybridized carbons (Fsp3) is 0.524. The van der Waals surface area contributed by atoms with Crippen LogP contribution in [0.25, 0.3) is 0 Å². The van der Waals surface area contributed by atoms with Crippen molar-refractivity contribution >= 4 is 29.3 Å². The summed E-state index contributed by atoms with van der Waals surface area (Å²) in [6.07, 6.45) is 0.250. The molecule has 2 amide bonds. The first-order valence-electron chi connectivity index (χ1n) is 9.48. The van der Waals surface area contributed by atoms with Crippen LogP contribution in [-0.2, 0) is 19.1 Å². The Morgan fingerprint density at radius 3 is 2.43 bits per heavy atom. The quantitative estimate of drug-likeness (QED) is 0.743. The van der Waals surface area contributed by atoms with E-state index in [1.54, 1.807) is 58.9 Å². The second-order valence-corrected chi connectivity index (χ2v) is 8.58. The van der Waals surface area contributed by atoms with E-state index in [0.717, 1.165) is 0 Å². The Labute approximate surface area is 164 Å². The number of Topliss-reactive ketones (excluding diaryl/α,β-unsaturated/α-hetero) is 1. The number of benzene rings is 1. The van der Waals surface area contributed by atoms with Crippen LogP contribution in [0, 0.1) is 5.41 Å². The van der Waals surface area contributed by atoms with Gasteiger partial charge in [-0.05, 0) is 26.0 Å². The molecule has 3 rings (SSSR count). The van der Waals surface area contributed by atoms with Crippen LogP contribution < -0.4 is 4.90 Å². The summed E-state index contributed by atoms with van der Waals surface area (Å²) in [7, 11) is 0. The van der Waals surface area contributed by atoms with Gasteiger partial charge < -0.3 is 9.64 Å². The molecule has 7 nitrogen and oxygen atoms in total. The molecule has 0 radical (unpaired) electrons. The average Bonchev–Trinajstić information content (AvgIpc) is 2.96. The van der Waals surface area contributed by atoms with Gasteiger partial charge >= 0.3 is 5.97 Å². The van der Waals surface area contributed by atoms with Crippen LogP contribution in [0.2, 0.25) is 0 Å². The molecule has 1 atom stereocenters. The van der Waals surface area contributed by atoms with Crippen molar-refractivity contribution in [2.24, 2.45) is 5.41 Å². The number of carbonyl (C=O) groups excluding carboxylic acids is 4. The predicted octanol–water partition coefficient (Wildman–Crippen LogP) is 2.53. The van der Waals surface area contributed by atoms with E-state index >= 15 is 0 Å². The standard InChI is InChI=1S/C21H26N2O5/c1-13(2)22-18(26)14-8-6-7-9-15(14)23-17(25)10-11-21(22,23)19(27)28-12-16(24)20(3,4)5/h6-9,13H,10-12H2,1-5H3/t21-/m1/s1. The number of esters is 1. The number of anilines is 1. The zero-order chi connectivity index (χ0) is 20.9.